The highest BCUT2D eigenvalue weighted by Gasteiger charge is 2.24. The summed E-state index contributed by atoms with van der Waals surface area (Å²) < 4.78 is 5.13. The number of benzene rings is 1. The van der Waals surface area contributed by atoms with E-state index in [1.807, 2.05) is 24.3 Å². The maximum absolute atomic E-state index is 11.3. The van der Waals surface area contributed by atoms with E-state index in [4.69, 9.17) is 9.84 Å². The lowest BCUT2D eigenvalue weighted by Gasteiger charge is -2.11. The number of carbonyl (C=O) groups is 2. The van der Waals surface area contributed by atoms with Gasteiger partial charge >= 0.3 is 12.1 Å². The first kappa shape index (κ1) is 11.4. The summed E-state index contributed by atoms with van der Waals surface area (Å²) in [7, 11) is 0. The molecule has 0 saturated heterocycles. The summed E-state index contributed by atoms with van der Waals surface area (Å²) in [5.74, 6) is -1.09. The Morgan fingerprint density at radius 3 is 2.41 bits per heavy atom. The Morgan fingerprint density at radius 2 is 1.88 bits per heavy atom. The van der Waals surface area contributed by atoms with Crippen LogP contribution in [0.5, 0.6) is 0 Å². The molecule has 0 radical (unpaired) electrons. The lowest BCUT2D eigenvalue weighted by Crippen LogP contribution is -2.33. The van der Waals surface area contributed by atoms with E-state index in [0.29, 0.717) is 12.8 Å². The highest BCUT2D eigenvalue weighted by Crippen LogP contribution is 2.23. The number of nitrogens with one attached hydrogen (secondary N) is 1. The minimum absolute atomic E-state index is 0.193. The van der Waals surface area contributed by atoms with E-state index >= 15 is 0 Å². The van der Waals surface area contributed by atoms with E-state index in [-0.39, 0.29) is 6.10 Å². The fourth-order valence-electron chi connectivity index (χ4n) is 1.94. The topological polar surface area (TPSA) is 75.6 Å². The van der Waals surface area contributed by atoms with Gasteiger partial charge in [-0.3, -0.25) is 4.79 Å². The van der Waals surface area contributed by atoms with Crippen molar-refractivity contribution in [2.75, 3.05) is 6.54 Å². The lowest BCUT2D eigenvalue weighted by atomic mass is 10.1. The minimum atomic E-state index is -1.09. The summed E-state index contributed by atoms with van der Waals surface area (Å²) in [6.45, 7) is -0.418. The normalized spacial score (nSPS) is 14.1. The number of ether oxygens (including phenoxy) is 1. The van der Waals surface area contributed by atoms with Crippen molar-refractivity contribution in [2.45, 2.75) is 18.9 Å². The molecule has 0 atom stereocenters. The van der Waals surface area contributed by atoms with Gasteiger partial charge in [0.05, 0.1) is 0 Å². The van der Waals surface area contributed by atoms with Crippen molar-refractivity contribution < 1.29 is 19.4 Å². The average Bonchev–Trinajstić information content (AvgIpc) is 2.68. The van der Waals surface area contributed by atoms with Crippen LogP contribution in [-0.2, 0) is 22.4 Å². The number of hydrogen-bond donors (Lipinski definition) is 2. The molecule has 1 aromatic rings. The van der Waals surface area contributed by atoms with Gasteiger partial charge in [-0.1, -0.05) is 24.3 Å². The lowest BCUT2D eigenvalue weighted by molar-refractivity contribution is -0.135. The van der Waals surface area contributed by atoms with Gasteiger partial charge in [-0.05, 0) is 11.1 Å². The zero-order valence-corrected chi connectivity index (χ0v) is 9.18. The fourth-order valence-corrected chi connectivity index (χ4v) is 1.94. The van der Waals surface area contributed by atoms with Crippen LogP contribution in [-0.4, -0.2) is 29.8 Å². The Labute approximate surface area is 98.4 Å². The van der Waals surface area contributed by atoms with Gasteiger partial charge in [-0.15, -0.1) is 0 Å². The zero-order chi connectivity index (χ0) is 12.3. The number of hydrogen-bond acceptors (Lipinski definition) is 3. The van der Waals surface area contributed by atoms with E-state index in [1.54, 1.807) is 0 Å². The Hall–Kier alpha value is -2.04. The number of alkyl carbamates (subject to hydrolysis) is 1. The Kier molecular flexibility index (Phi) is 3.27. The van der Waals surface area contributed by atoms with Crippen molar-refractivity contribution >= 4 is 12.1 Å². The van der Waals surface area contributed by atoms with Crippen molar-refractivity contribution in [3.8, 4) is 0 Å². The molecule has 0 heterocycles. The predicted molar refractivity (Wildman–Crippen MR) is 59.8 cm³/mol. The maximum Gasteiger partial charge on any atom is 0.407 e. The van der Waals surface area contributed by atoms with E-state index in [2.05, 4.69) is 5.32 Å². The molecule has 0 aromatic heterocycles. The molecule has 1 aliphatic carbocycles. The van der Waals surface area contributed by atoms with Gasteiger partial charge in [-0.2, -0.15) is 0 Å². The summed E-state index contributed by atoms with van der Waals surface area (Å²) in [5.41, 5.74) is 2.37. The summed E-state index contributed by atoms with van der Waals surface area (Å²) in [6.07, 6.45) is 0.513. The van der Waals surface area contributed by atoms with Crippen LogP contribution in [0.2, 0.25) is 0 Å². The van der Waals surface area contributed by atoms with Gasteiger partial charge < -0.3 is 15.2 Å². The van der Waals surface area contributed by atoms with Crippen molar-refractivity contribution in [3.05, 3.63) is 35.4 Å². The molecule has 2 N–H and O–H groups in total. The SMILES string of the molecule is O=C(O)CNC(=O)OC1Cc2ccccc2C1. The first-order chi connectivity index (χ1) is 8.15. The summed E-state index contributed by atoms with van der Waals surface area (Å²) in [6, 6.07) is 7.92. The number of fused-ring (bicyclic) bond motifs is 1. The molecule has 5 heteroatoms. The molecule has 0 bridgehead atoms. The first-order valence-corrected chi connectivity index (χ1v) is 5.38. The third kappa shape index (κ3) is 2.96. The molecule has 1 aliphatic rings. The monoisotopic (exact) mass is 235 g/mol. The van der Waals surface area contributed by atoms with Crippen molar-refractivity contribution in [3.63, 3.8) is 0 Å². The third-order valence-corrected chi connectivity index (χ3v) is 2.67. The molecule has 1 aromatic carbocycles. The van der Waals surface area contributed by atoms with E-state index < -0.39 is 18.6 Å². The van der Waals surface area contributed by atoms with Gasteiger partial charge in [0, 0.05) is 12.8 Å². The summed E-state index contributed by atoms with van der Waals surface area (Å²) in [5, 5.41) is 10.6. The Balaban J connectivity index is 1.83. The van der Waals surface area contributed by atoms with Gasteiger partial charge in [-0.25, -0.2) is 4.79 Å². The molecule has 2 rings (SSSR count). The molecule has 1 amide bonds. The predicted octanol–water partition coefficient (Wildman–Crippen LogP) is 0.965. The second kappa shape index (κ2) is 4.86. The van der Waals surface area contributed by atoms with Crippen LogP contribution in [0.1, 0.15) is 11.1 Å². The van der Waals surface area contributed by atoms with E-state index in [0.717, 1.165) is 0 Å². The largest absolute Gasteiger partial charge is 0.480 e. The standard InChI is InChI=1S/C12H13NO4/c14-11(15)7-13-12(16)17-10-5-8-3-1-2-4-9(8)6-10/h1-4,10H,5-7H2,(H,13,16)(H,14,15). The molecule has 0 fully saturated rings. The third-order valence-electron chi connectivity index (χ3n) is 2.67. The number of rotatable bonds is 3. The molecule has 90 valence electrons. The minimum Gasteiger partial charge on any atom is -0.480 e. The van der Waals surface area contributed by atoms with Crippen LogP contribution in [0.4, 0.5) is 4.79 Å². The summed E-state index contributed by atoms with van der Waals surface area (Å²) in [4.78, 5) is 21.5. The Bertz CT molecular complexity index is 419. The molecule has 0 unspecified atom stereocenters. The van der Waals surface area contributed by atoms with Gasteiger partial charge in [0.1, 0.15) is 12.6 Å². The fraction of sp³-hybridized carbons (Fsp3) is 0.333. The maximum atomic E-state index is 11.3. The zero-order valence-electron chi connectivity index (χ0n) is 9.18. The van der Waals surface area contributed by atoms with Crippen molar-refractivity contribution in [1.29, 1.82) is 0 Å². The van der Waals surface area contributed by atoms with Gasteiger partial charge in [0.2, 0.25) is 0 Å². The Morgan fingerprint density at radius 1 is 1.29 bits per heavy atom. The smallest absolute Gasteiger partial charge is 0.407 e. The molecule has 0 spiro atoms. The van der Waals surface area contributed by atoms with Crippen LogP contribution in [0.15, 0.2) is 24.3 Å². The van der Waals surface area contributed by atoms with Crippen LogP contribution < -0.4 is 5.32 Å². The molecule has 17 heavy (non-hydrogen) atoms. The van der Waals surface area contributed by atoms with Crippen LogP contribution in [0, 0.1) is 0 Å². The van der Waals surface area contributed by atoms with E-state index in [1.165, 1.54) is 11.1 Å². The molecule has 0 saturated carbocycles. The number of amides is 1. The quantitative estimate of drug-likeness (QED) is 0.818. The van der Waals surface area contributed by atoms with Crippen molar-refractivity contribution in [1.82, 2.24) is 5.32 Å². The number of carboxylic acids is 1. The first-order valence-electron chi connectivity index (χ1n) is 5.38. The summed E-state index contributed by atoms with van der Waals surface area (Å²) >= 11 is 0. The average molecular weight is 235 g/mol. The number of carbonyl (C=O) groups excluding carboxylic acids is 1. The number of carboxylic acid groups (broad SMARTS) is 1. The highest BCUT2D eigenvalue weighted by atomic mass is 16.6. The van der Waals surface area contributed by atoms with E-state index in [9.17, 15) is 9.59 Å². The molecule has 0 aliphatic heterocycles. The molecular formula is C12H13NO4. The second-order valence-corrected chi connectivity index (χ2v) is 3.95. The highest BCUT2D eigenvalue weighted by molar-refractivity contribution is 5.76. The van der Waals surface area contributed by atoms with Gasteiger partial charge in [0.25, 0.3) is 0 Å². The van der Waals surface area contributed by atoms with Crippen LogP contribution in [0.3, 0.4) is 0 Å². The van der Waals surface area contributed by atoms with Crippen LogP contribution >= 0.6 is 0 Å². The molecule has 5 nitrogen and oxygen atoms in total. The molecular weight excluding hydrogens is 222 g/mol. The second-order valence-electron chi connectivity index (χ2n) is 3.95. The van der Waals surface area contributed by atoms with Crippen molar-refractivity contribution in [2.24, 2.45) is 0 Å². The number of aliphatic carboxylic acids is 1. The van der Waals surface area contributed by atoms with Crippen LogP contribution in [0.25, 0.3) is 0 Å². The van der Waals surface area contributed by atoms with Gasteiger partial charge in [0.15, 0.2) is 0 Å².